The Balaban J connectivity index is 2.83. The Morgan fingerprint density at radius 3 is 2.14 bits per heavy atom. The van der Waals surface area contributed by atoms with Crippen LogP contribution in [0, 0.1) is 17.8 Å². The molecule has 0 aliphatic carbocycles. The van der Waals surface area contributed by atoms with Crippen LogP contribution in [0.5, 0.6) is 5.75 Å². The minimum Gasteiger partial charge on any atom is -0.486 e. The molecule has 6 heteroatoms. The molecule has 3 atom stereocenters. The molecule has 164 valence electrons. The lowest BCUT2D eigenvalue weighted by Crippen LogP contribution is -2.40. The van der Waals surface area contributed by atoms with Gasteiger partial charge in [-0.3, -0.25) is 9.59 Å². The molecule has 5 nitrogen and oxygen atoms in total. The van der Waals surface area contributed by atoms with Gasteiger partial charge in [-0.05, 0) is 57.7 Å². The third-order valence-electron chi connectivity index (χ3n) is 4.40. The number of ether oxygens (including phenoxy) is 3. The van der Waals surface area contributed by atoms with E-state index in [2.05, 4.69) is 0 Å². The van der Waals surface area contributed by atoms with Crippen LogP contribution in [0.4, 0.5) is 0 Å². The lowest BCUT2D eigenvalue weighted by molar-refractivity contribution is -0.168. The lowest BCUT2D eigenvalue weighted by atomic mass is 9.92. The zero-order valence-corrected chi connectivity index (χ0v) is 19.6. The minimum atomic E-state index is -0.594. The Morgan fingerprint density at radius 1 is 1.03 bits per heavy atom. The van der Waals surface area contributed by atoms with Gasteiger partial charge < -0.3 is 14.2 Å². The standard InChI is InChI=1S/C23H35ClO5/c1-14(2)19(13-20(25)29-23(6,7)8)22(26)27-16(5)21(15(3)4)28-18-11-9-10-17(24)12-18/h9-12,14-16,19,21H,13H2,1-8H3/t16-,19-,21+/m0/s1. The number of esters is 2. The predicted molar refractivity (Wildman–Crippen MR) is 115 cm³/mol. The third-order valence-corrected chi connectivity index (χ3v) is 4.64. The molecule has 0 amide bonds. The Bertz CT molecular complexity index is 678. The minimum absolute atomic E-state index is 0.0119. The molecule has 29 heavy (non-hydrogen) atoms. The van der Waals surface area contributed by atoms with Gasteiger partial charge in [0.2, 0.25) is 0 Å². The Hall–Kier alpha value is -1.75. The van der Waals surface area contributed by atoms with Crippen molar-refractivity contribution in [3.63, 3.8) is 0 Å². The van der Waals surface area contributed by atoms with E-state index in [-0.39, 0.29) is 24.4 Å². The molecular weight excluding hydrogens is 392 g/mol. The van der Waals surface area contributed by atoms with Crippen LogP contribution in [0.25, 0.3) is 0 Å². The van der Waals surface area contributed by atoms with Gasteiger partial charge >= 0.3 is 11.9 Å². The first-order valence-corrected chi connectivity index (χ1v) is 10.5. The molecule has 0 aliphatic rings. The number of hydrogen-bond donors (Lipinski definition) is 0. The van der Waals surface area contributed by atoms with E-state index in [1.165, 1.54) is 0 Å². The van der Waals surface area contributed by atoms with Gasteiger partial charge in [0.1, 0.15) is 23.6 Å². The topological polar surface area (TPSA) is 61.8 Å². The van der Waals surface area contributed by atoms with E-state index in [9.17, 15) is 9.59 Å². The van der Waals surface area contributed by atoms with E-state index in [4.69, 9.17) is 25.8 Å². The van der Waals surface area contributed by atoms with E-state index in [0.717, 1.165) is 0 Å². The van der Waals surface area contributed by atoms with Gasteiger partial charge in [0, 0.05) is 5.02 Å². The average molecular weight is 427 g/mol. The maximum atomic E-state index is 12.8. The second-order valence-electron chi connectivity index (χ2n) is 9.07. The van der Waals surface area contributed by atoms with Crippen molar-refractivity contribution in [2.75, 3.05) is 0 Å². The Kier molecular flexibility index (Phi) is 9.47. The highest BCUT2D eigenvalue weighted by Crippen LogP contribution is 2.25. The van der Waals surface area contributed by atoms with Gasteiger partial charge in [-0.15, -0.1) is 0 Å². The third kappa shape index (κ3) is 9.07. The van der Waals surface area contributed by atoms with Crippen LogP contribution in [0.1, 0.15) is 61.8 Å². The van der Waals surface area contributed by atoms with Crippen molar-refractivity contribution in [3.8, 4) is 5.75 Å². The van der Waals surface area contributed by atoms with Crippen LogP contribution >= 0.6 is 11.6 Å². The number of benzene rings is 1. The van der Waals surface area contributed by atoms with Crippen LogP contribution in [-0.2, 0) is 19.1 Å². The molecule has 0 aromatic heterocycles. The van der Waals surface area contributed by atoms with Crippen LogP contribution < -0.4 is 4.74 Å². The normalized spacial score (nSPS) is 15.0. The number of rotatable bonds is 9. The number of carbonyl (C=O) groups is 2. The summed E-state index contributed by atoms with van der Waals surface area (Å²) in [6.45, 7) is 15.0. The van der Waals surface area contributed by atoms with E-state index < -0.39 is 29.6 Å². The van der Waals surface area contributed by atoms with E-state index in [1.807, 2.05) is 33.8 Å². The molecule has 1 aromatic carbocycles. The summed E-state index contributed by atoms with van der Waals surface area (Å²) in [4.78, 5) is 25.0. The van der Waals surface area contributed by atoms with E-state index in [1.54, 1.807) is 45.9 Å². The second-order valence-corrected chi connectivity index (χ2v) is 9.50. The summed E-state index contributed by atoms with van der Waals surface area (Å²) < 4.78 is 17.1. The summed E-state index contributed by atoms with van der Waals surface area (Å²) in [6, 6.07) is 7.12. The van der Waals surface area contributed by atoms with Crippen molar-refractivity contribution >= 4 is 23.5 Å². The van der Waals surface area contributed by atoms with Crippen molar-refractivity contribution in [3.05, 3.63) is 29.3 Å². The SMILES string of the molecule is CC(C)[C@H](CC(=O)OC(C)(C)C)C(=O)O[C@@H](C)[C@H](Oc1cccc(Cl)c1)C(C)C. The van der Waals surface area contributed by atoms with Crippen molar-refractivity contribution in [1.82, 2.24) is 0 Å². The fraction of sp³-hybridized carbons (Fsp3) is 0.652. The molecule has 0 unspecified atom stereocenters. The van der Waals surface area contributed by atoms with Gasteiger partial charge in [0.15, 0.2) is 0 Å². The van der Waals surface area contributed by atoms with Gasteiger partial charge in [-0.25, -0.2) is 0 Å². The average Bonchev–Trinajstić information content (AvgIpc) is 2.55. The Morgan fingerprint density at radius 2 is 1.66 bits per heavy atom. The van der Waals surface area contributed by atoms with Crippen LogP contribution in [0.2, 0.25) is 5.02 Å². The first kappa shape index (κ1) is 25.3. The van der Waals surface area contributed by atoms with E-state index in [0.29, 0.717) is 10.8 Å². The van der Waals surface area contributed by atoms with Crippen molar-refractivity contribution in [1.29, 1.82) is 0 Å². The molecule has 0 aliphatic heterocycles. The molecule has 1 rings (SSSR count). The summed E-state index contributed by atoms with van der Waals surface area (Å²) in [5, 5.41) is 0.576. The predicted octanol–water partition coefficient (Wildman–Crippen LogP) is 5.68. The molecule has 0 saturated carbocycles. The number of halogens is 1. The summed E-state index contributed by atoms with van der Waals surface area (Å²) in [7, 11) is 0. The fourth-order valence-electron chi connectivity index (χ4n) is 2.96. The number of hydrogen-bond acceptors (Lipinski definition) is 5. The quantitative estimate of drug-likeness (QED) is 0.475. The van der Waals surface area contributed by atoms with Gasteiger partial charge in [0.05, 0.1) is 12.3 Å². The van der Waals surface area contributed by atoms with Crippen molar-refractivity contribution in [2.24, 2.45) is 17.8 Å². The molecule has 0 heterocycles. The Labute approximate surface area is 180 Å². The maximum absolute atomic E-state index is 12.8. The highest BCUT2D eigenvalue weighted by Gasteiger charge is 2.33. The largest absolute Gasteiger partial charge is 0.486 e. The first-order valence-electron chi connectivity index (χ1n) is 10.1. The van der Waals surface area contributed by atoms with Gasteiger partial charge in [-0.1, -0.05) is 45.4 Å². The molecule has 0 saturated heterocycles. The molecule has 0 spiro atoms. The molecule has 1 aromatic rings. The van der Waals surface area contributed by atoms with Crippen LogP contribution in [0.3, 0.4) is 0 Å². The summed E-state index contributed by atoms with van der Waals surface area (Å²) in [6.07, 6.45) is -0.866. The summed E-state index contributed by atoms with van der Waals surface area (Å²) in [5.41, 5.74) is -0.594. The molecule has 0 radical (unpaired) electrons. The zero-order chi connectivity index (χ0) is 22.4. The van der Waals surface area contributed by atoms with Crippen LogP contribution in [-0.4, -0.2) is 29.7 Å². The molecule has 0 fully saturated rings. The van der Waals surface area contributed by atoms with Crippen molar-refractivity contribution in [2.45, 2.75) is 79.6 Å². The first-order chi connectivity index (χ1) is 13.3. The molecule has 0 N–H and O–H groups in total. The van der Waals surface area contributed by atoms with Gasteiger partial charge in [0.25, 0.3) is 0 Å². The molecular formula is C23H35ClO5. The summed E-state index contributed by atoms with van der Waals surface area (Å²) >= 11 is 6.03. The van der Waals surface area contributed by atoms with Gasteiger partial charge in [-0.2, -0.15) is 0 Å². The maximum Gasteiger partial charge on any atom is 0.310 e. The van der Waals surface area contributed by atoms with Crippen LogP contribution in [0.15, 0.2) is 24.3 Å². The summed E-state index contributed by atoms with van der Waals surface area (Å²) in [5.74, 6) is -0.747. The monoisotopic (exact) mass is 426 g/mol. The smallest absolute Gasteiger partial charge is 0.310 e. The van der Waals surface area contributed by atoms with E-state index >= 15 is 0 Å². The zero-order valence-electron chi connectivity index (χ0n) is 18.8. The number of carbonyl (C=O) groups excluding carboxylic acids is 2. The fourth-order valence-corrected chi connectivity index (χ4v) is 3.14. The highest BCUT2D eigenvalue weighted by molar-refractivity contribution is 6.30. The van der Waals surface area contributed by atoms with Crippen molar-refractivity contribution < 1.29 is 23.8 Å². The molecule has 0 bridgehead atoms. The second kappa shape index (κ2) is 10.9. The lowest BCUT2D eigenvalue weighted by Gasteiger charge is -2.30. The highest BCUT2D eigenvalue weighted by atomic mass is 35.5.